The summed E-state index contributed by atoms with van der Waals surface area (Å²) in [6.45, 7) is 2.18. The zero-order valence-corrected chi connectivity index (χ0v) is 10.2. The Labute approximate surface area is 115 Å². The number of hydrogen-bond donors (Lipinski definition) is 0. The number of hydrogen-bond acceptors (Lipinski definition) is 3. The number of carbonyl (C=O) groups excluding carboxylic acids is 1. The van der Waals surface area contributed by atoms with E-state index in [1.54, 1.807) is 6.92 Å². The molecular formula is C4H6BF4KO3. The fourth-order valence-electron chi connectivity index (χ4n) is 0.418. The largest absolute Gasteiger partial charge is 1.00 e. The molecule has 1 rings (SSSR count). The van der Waals surface area contributed by atoms with Gasteiger partial charge in [-0.25, -0.2) is 4.79 Å². The van der Waals surface area contributed by atoms with Crippen molar-refractivity contribution in [1.29, 1.82) is 0 Å². The van der Waals surface area contributed by atoms with E-state index in [2.05, 4.69) is 9.47 Å². The van der Waals surface area contributed by atoms with Gasteiger partial charge in [0, 0.05) is 0 Å². The molecule has 0 aromatic rings. The molecule has 13 heavy (non-hydrogen) atoms. The molecule has 9 heteroatoms. The van der Waals surface area contributed by atoms with E-state index in [-0.39, 0.29) is 57.5 Å². The van der Waals surface area contributed by atoms with Crippen molar-refractivity contribution in [3.8, 4) is 0 Å². The van der Waals surface area contributed by atoms with Crippen LogP contribution < -0.4 is 51.4 Å². The number of ether oxygens (including phenoxy) is 2. The van der Waals surface area contributed by atoms with E-state index in [4.69, 9.17) is 0 Å². The molecular weight excluding hydrogens is 222 g/mol. The van der Waals surface area contributed by atoms with Crippen molar-refractivity contribution in [2.45, 2.75) is 13.0 Å². The van der Waals surface area contributed by atoms with Crippen LogP contribution >= 0.6 is 0 Å². The van der Waals surface area contributed by atoms with Gasteiger partial charge >= 0.3 is 64.8 Å². The molecule has 0 spiro atoms. The van der Waals surface area contributed by atoms with Crippen LogP contribution in [0.15, 0.2) is 0 Å². The van der Waals surface area contributed by atoms with E-state index in [1.165, 1.54) is 0 Å². The summed E-state index contributed by atoms with van der Waals surface area (Å²) in [5, 5.41) is 0. The first-order valence-corrected chi connectivity index (χ1v) is 3.00. The fourth-order valence-corrected chi connectivity index (χ4v) is 0.418. The molecule has 0 aromatic heterocycles. The van der Waals surface area contributed by atoms with E-state index < -0.39 is 13.4 Å². The van der Waals surface area contributed by atoms with Crippen molar-refractivity contribution in [2.24, 2.45) is 0 Å². The minimum atomic E-state index is -6.00. The molecule has 0 aliphatic carbocycles. The topological polar surface area (TPSA) is 35.5 Å². The van der Waals surface area contributed by atoms with E-state index in [0.717, 1.165) is 0 Å². The summed E-state index contributed by atoms with van der Waals surface area (Å²) in [5.74, 6) is 0. The quantitative estimate of drug-likeness (QED) is 0.298. The van der Waals surface area contributed by atoms with E-state index in [1.807, 2.05) is 0 Å². The van der Waals surface area contributed by atoms with Gasteiger partial charge in [0.1, 0.15) is 12.7 Å². The number of cyclic esters (lactones) is 2. The summed E-state index contributed by atoms with van der Waals surface area (Å²) >= 11 is 0. The van der Waals surface area contributed by atoms with Crippen molar-refractivity contribution >= 4 is 13.4 Å². The molecule has 0 bridgehead atoms. The van der Waals surface area contributed by atoms with E-state index in [9.17, 15) is 22.1 Å². The molecule has 1 fully saturated rings. The molecule has 0 N–H and O–H groups in total. The second-order valence-electron chi connectivity index (χ2n) is 1.98. The predicted molar refractivity (Wildman–Crippen MR) is 32.1 cm³/mol. The summed E-state index contributed by atoms with van der Waals surface area (Å²) in [5.41, 5.74) is 0. The molecule has 1 aliphatic rings. The van der Waals surface area contributed by atoms with Gasteiger partial charge in [-0.1, -0.05) is 0 Å². The maximum absolute atomic E-state index is 10.0. The minimum absolute atomic E-state index is 0. The van der Waals surface area contributed by atoms with Crippen molar-refractivity contribution in [2.75, 3.05) is 6.61 Å². The SMILES string of the molecule is CC1COC(=O)O1.F[B-](F)(F)F.[K+]. The van der Waals surface area contributed by atoms with Gasteiger partial charge < -0.3 is 26.7 Å². The Hall–Kier alpha value is 0.691. The molecule has 3 nitrogen and oxygen atoms in total. The van der Waals surface area contributed by atoms with Crippen LogP contribution in [-0.4, -0.2) is 26.1 Å². The fraction of sp³-hybridized carbons (Fsp3) is 0.750. The predicted octanol–water partition coefficient (Wildman–Crippen LogP) is -1.15. The van der Waals surface area contributed by atoms with Gasteiger partial charge in [-0.3, -0.25) is 0 Å². The van der Waals surface area contributed by atoms with Gasteiger partial charge in [-0.2, -0.15) is 0 Å². The molecule has 0 radical (unpaired) electrons. The Morgan fingerprint density at radius 1 is 1.38 bits per heavy atom. The number of rotatable bonds is 0. The molecule has 0 aromatic carbocycles. The van der Waals surface area contributed by atoms with Crippen LogP contribution in [0.5, 0.6) is 0 Å². The van der Waals surface area contributed by atoms with Crippen LogP contribution in [0.1, 0.15) is 6.92 Å². The van der Waals surface area contributed by atoms with Gasteiger partial charge in [0.15, 0.2) is 0 Å². The average molecular weight is 228 g/mol. The minimum Gasteiger partial charge on any atom is -0.430 e. The molecule has 1 unspecified atom stereocenters. The standard InChI is InChI=1S/C4H6O3.BF4.K/c1-3-2-6-4(5)7-3;2-1(3,4)5;/h3H,2H2,1H3;;/q;-1;+1. The van der Waals surface area contributed by atoms with Crippen molar-refractivity contribution in [1.82, 2.24) is 0 Å². The monoisotopic (exact) mass is 228 g/mol. The third-order valence-corrected chi connectivity index (χ3v) is 0.733. The van der Waals surface area contributed by atoms with Crippen molar-refractivity contribution in [3.63, 3.8) is 0 Å². The number of halogens is 4. The third-order valence-electron chi connectivity index (χ3n) is 0.733. The molecule has 1 atom stereocenters. The van der Waals surface area contributed by atoms with Crippen molar-refractivity contribution in [3.05, 3.63) is 0 Å². The molecule has 1 saturated heterocycles. The van der Waals surface area contributed by atoms with Gasteiger partial charge in [-0.05, 0) is 6.92 Å². The number of carbonyl (C=O) groups is 1. The van der Waals surface area contributed by atoms with E-state index >= 15 is 0 Å². The maximum Gasteiger partial charge on any atom is 1.00 e. The third kappa shape index (κ3) is 15.4. The van der Waals surface area contributed by atoms with Gasteiger partial charge in [-0.15, -0.1) is 0 Å². The second kappa shape index (κ2) is 7.05. The first-order chi connectivity index (χ1) is 5.29. The van der Waals surface area contributed by atoms with Crippen LogP contribution in [0.25, 0.3) is 0 Å². The van der Waals surface area contributed by atoms with Gasteiger partial charge in [0.25, 0.3) is 0 Å². The average Bonchev–Trinajstić information content (AvgIpc) is 2.09. The summed E-state index contributed by atoms with van der Waals surface area (Å²) in [4.78, 5) is 10.0. The maximum atomic E-state index is 10.0. The summed E-state index contributed by atoms with van der Waals surface area (Å²) in [7, 11) is -6.00. The molecule has 1 aliphatic heterocycles. The summed E-state index contributed by atoms with van der Waals surface area (Å²) < 4.78 is 47.9. The Balaban J connectivity index is 0. The van der Waals surface area contributed by atoms with Gasteiger partial charge in [0.05, 0.1) is 0 Å². The first-order valence-electron chi connectivity index (χ1n) is 3.00. The van der Waals surface area contributed by atoms with Crippen LogP contribution in [-0.2, 0) is 9.47 Å². The zero-order valence-electron chi connectivity index (χ0n) is 7.10. The Morgan fingerprint density at radius 2 is 1.77 bits per heavy atom. The normalized spacial score (nSPS) is 20.4. The molecule has 0 saturated carbocycles. The van der Waals surface area contributed by atoms with E-state index in [0.29, 0.717) is 6.61 Å². The Bertz CT molecular complexity index is 158. The van der Waals surface area contributed by atoms with Crippen molar-refractivity contribution < 1.29 is 82.9 Å². The molecule has 1 heterocycles. The second-order valence-corrected chi connectivity index (χ2v) is 1.98. The zero-order chi connectivity index (χ0) is 9.78. The summed E-state index contributed by atoms with van der Waals surface area (Å²) in [6.07, 6.45) is -0.597. The van der Waals surface area contributed by atoms with Gasteiger partial charge in [0.2, 0.25) is 0 Å². The Morgan fingerprint density at radius 3 is 1.85 bits per heavy atom. The smallest absolute Gasteiger partial charge is 0.430 e. The van der Waals surface area contributed by atoms with Crippen LogP contribution in [0.3, 0.4) is 0 Å². The molecule has 0 amide bonds. The molecule has 72 valence electrons. The summed E-state index contributed by atoms with van der Waals surface area (Å²) in [6, 6.07) is 0. The first kappa shape index (κ1) is 16.1. The Kier molecular flexibility index (Phi) is 8.74. The van der Waals surface area contributed by atoms with Crippen LogP contribution in [0.4, 0.5) is 22.1 Å². The van der Waals surface area contributed by atoms with Crippen LogP contribution in [0.2, 0.25) is 0 Å². The van der Waals surface area contributed by atoms with Crippen LogP contribution in [0, 0.1) is 0 Å².